The maximum absolute atomic E-state index is 12.1. The van der Waals surface area contributed by atoms with Gasteiger partial charge >= 0.3 is 12.1 Å². The SMILES string of the molecule is CC[O+]=C=C1C=CC(C(F)(F)F)=CC1. The van der Waals surface area contributed by atoms with Crippen molar-refractivity contribution in [2.45, 2.75) is 19.5 Å². The third kappa shape index (κ3) is 2.89. The second kappa shape index (κ2) is 4.29. The second-order valence-electron chi connectivity index (χ2n) is 2.75. The number of alkyl halides is 3. The van der Waals surface area contributed by atoms with Crippen LogP contribution in [-0.2, 0) is 4.42 Å². The summed E-state index contributed by atoms with van der Waals surface area (Å²) in [6.45, 7) is 2.25. The fourth-order valence-electron chi connectivity index (χ4n) is 0.997. The van der Waals surface area contributed by atoms with E-state index in [2.05, 4.69) is 5.94 Å². The van der Waals surface area contributed by atoms with Gasteiger partial charge < -0.3 is 0 Å². The molecule has 1 aliphatic carbocycles. The standard InChI is InChI=1S/C10H10F3O/c1-2-14-7-8-3-5-9(6-4-8)10(11,12)13/h3,5-6H,2,4H2,1H3/q+1. The first kappa shape index (κ1) is 10.8. The topological polar surface area (TPSA) is 11.3 Å². The van der Waals surface area contributed by atoms with Crippen LogP contribution >= 0.6 is 0 Å². The van der Waals surface area contributed by atoms with Gasteiger partial charge in [-0.25, -0.2) is 4.42 Å². The molecule has 0 atom stereocenters. The number of halogens is 3. The first-order chi connectivity index (χ1) is 6.54. The van der Waals surface area contributed by atoms with Gasteiger partial charge in [-0.2, -0.15) is 13.2 Å². The Morgan fingerprint density at radius 1 is 1.43 bits per heavy atom. The van der Waals surface area contributed by atoms with Crippen molar-refractivity contribution in [3.63, 3.8) is 0 Å². The Morgan fingerprint density at radius 3 is 2.57 bits per heavy atom. The highest BCUT2D eigenvalue weighted by atomic mass is 19.4. The average Bonchev–Trinajstić information content (AvgIpc) is 2.14. The van der Waals surface area contributed by atoms with Gasteiger partial charge in [0.15, 0.2) is 0 Å². The van der Waals surface area contributed by atoms with Crippen molar-refractivity contribution in [3.8, 4) is 0 Å². The fourth-order valence-corrected chi connectivity index (χ4v) is 0.997. The number of hydrogen-bond donors (Lipinski definition) is 0. The van der Waals surface area contributed by atoms with Crippen molar-refractivity contribution >= 4 is 5.94 Å². The Morgan fingerprint density at radius 2 is 2.14 bits per heavy atom. The van der Waals surface area contributed by atoms with Crippen LogP contribution in [0.25, 0.3) is 0 Å². The van der Waals surface area contributed by atoms with Crippen molar-refractivity contribution < 1.29 is 17.6 Å². The van der Waals surface area contributed by atoms with Gasteiger partial charge in [-0.05, 0) is 12.2 Å². The highest BCUT2D eigenvalue weighted by Crippen LogP contribution is 2.29. The molecule has 0 spiro atoms. The van der Waals surface area contributed by atoms with E-state index in [-0.39, 0.29) is 6.42 Å². The van der Waals surface area contributed by atoms with Crippen LogP contribution < -0.4 is 0 Å². The quantitative estimate of drug-likeness (QED) is 0.458. The van der Waals surface area contributed by atoms with Gasteiger partial charge in [-0.1, -0.05) is 6.08 Å². The van der Waals surface area contributed by atoms with Crippen LogP contribution in [-0.4, -0.2) is 18.7 Å². The Bertz CT molecular complexity index is 328. The summed E-state index contributed by atoms with van der Waals surface area (Å²) in [5.41, 5.74) is 0.0133. The van der Waals surface area contributed by atoms with Crippen molar-refractivity contribution in [1.29, 1.82) is 0 Å². The molecule has 76 valence electrons. The molecule has 0 aliphatic heterocycles. The van der Waals surface area contributed by atoms with E-state index in [1.807, 2.05) is 0 Å². The summed E-state index contributed by atoms with van der Waals surface area (Å²) >= 11 is 0. The van der Waals surface area contributed by atoms with Gasteiger partial charge in [0.1, 0.15) is 0 Å². The van der Waals surface area contributed by atoms with E-state index < -0.39 is 11.7 Å². The lowest BCUT2D eigenvalue weighted by Gasteiger charge is -2.09. The van der Waals surface area contributed by atoms with Gasteiger partial charge in [-0.3, -0.25) is 0 Å². The van der Waals surface area contributed by atoms with E-state index in [9.17, 15) is 13.2 Å². The molecule has 1 nitrogen and oxygen atoms in total. The summed E-state index contributed by atoms with van der Waals surface area (Å²) in [4.78, 5) is 0. The van der Waals surface area contributed by atoms with E-state index in [1.165, 1.54) is 6.08 Å². The Balaban J connectivity index is 2.77. The minimum Gasteiger partial charge on any atom is -0.204 e. The third-order valence-electron chi connectivity index (χ3n) is 1.68. The van der Waals surface area contributed by atoms with Crippen LogP contribution in [0.1, 0.15) is 13.3 Å². The molecule has 1 rings (SSSR count). The summed E-state index contributed by atoms with van der Waals surface area (Å²) in [5.74, 6) is 2.56. The van der Waals surface area contributed by atoms with E-state index >= 15 is 0 Å². The molecule has 14 heavy (non-hydrogen) atoms. The summed E-state index contributed by atoms with van der Waals surface area (Å²) in [5, 5.41) is 0. The number of hydrogen-bond acceptors (Lipinski definition) is 0. The molecule has 1 aliphatic rings. The molecule has 0 bridgehead atoms. The Hall–Kier alpha value is -1.28. The molecule has 0 aromatic rings. The van der Waals surface area contributed by atoms with Gasteiger partial charge in [0, 0.05) is 13.3 Å². The molecule has 0 heterocycles. The summed E-state index contributed by atoms with van der Waals surface area (Å²) in [6, 6.07) is 0. The minimum atomic E-state index is -4.26. The van der Waals surface area contributed by atoms with Crippen LogP contribution in [0.5, 0.6) is 0 Å². The van der Waals surface area contributed by atoms with E-state index in [0.717, 1.165) is 12.2 Å². The highest BCUT2D eigenvalue weighted by Gasteiger charge is 2.32. The lowest BCUT2D eigenvalue weighted by molar-refractivity contribution is -0.0885. The van der Waals surface area contributed by atoms with Gasteiger partial charge in [0.05, 0.1) is 11.1 Å². The van der Waals surface area contributed by atoms with E-state index in [0.29, 0.717) is 12.2 Å². The largest absolute Gasteiger partial charge is 0.416 e. The second-order valence-corrected chi connectivity index (χ2v) is 2.75. The molecule has 4 heteroatoms. The molecule has 0 amide bonds. The smallest absolute Gasteiger partial charge is 0.204 e. The molecule has 0 fully saturated rings. The molecular formula is C10H10F3O+. The van der Waals surface area contributed by atoms with Gasteiger partial charge in [0.2, 0.25) is 0 Å². The van der Waals surface area contributed by atoms with Crippen molar-refractivity contribution in [3.05, 3.63) is 29.4 Å². The summed E-state index contributed by atoms with van der Waals surface area (Å²) < 4.78 is 41.3. The van der Waals surface area contributed by atoms with Crippen LogP contribution in [0, 0.1) is 0 Å². The van der Waals surface area contributed by atoms with Crippen molar-refractivity contribution in [1.82, 2.24) is 0 Å². The number of carbonyl (C=O) groups excluding carboxylic acids is 1. The maximum atomic E-state index is 12.1. The maximum Gasteiger partial charge on any atom is 0.416 e. The van der Waals surface area contributed by atoms with Gasteiger partial charge in [0.25, 0.3) is 6.61 Å². The molecular weight excluding hydrogens is 193 g/mol. The number of allylic oxidation sites excluding steroid dienone is 5. The third-order valence-corrected chi connectivity index (χ3v) is 1.68. The van der Waals surface area contributed by atoms with Crippen molar-refractivity contribution in [2.75, 3.05) is 6.61 Å². The predicted octanol–water partition coefficient (Wildman–Crippen LogP) is 2.75. The lowest BCUT2D eigenvalue weighted by Crippen LogP contribution is -2.11. The summed E-state index contributed by atoms with van der Waals surface area (Å²) in [7, 11) is 0. The minimum absolute atomic E-state index is 0.214. The van der Waals surface area contributed by atoms with Crippen molar-refractivity contribution in [2.24, 2.45) is 0 Å². The molecule has 0 radical (unpaired) electrons. The Labute approximate surface area is 79.9 Å². The molecule has 0 saturated carbocycles. The fraction of sp³-hybridized carbons (Fsp3) is 0.400. The molecule has 0 unspecified atom stereocenters. The predicted molar refractivity (Wildman–Crippen MR) is 47.6 cm³/mol. The zero-order valence-electron chi connectivity index (χ0n) is 7.69. The highest BCUT2D eigenvalue weighted by molar-refractivity contribution is 5.60. The average molecular weight is 203 g/mol. The normalized spacial score (nSPS) is 16.3. The zero-order chi connectivity index (χ0) is 10.6. The molecule has 0 saturated heterocycles. The van der Waals surface area contributed by atoms with Crippen LogP contribution in [0.15, 0.2) is 29.4 Å². The van der Waals surface area contributed by atoms with Crippen LogP contribution in [0.3, 0.4) is 0 Å². The van der Waals surface area contributed by atoms with E-state index in [1.54, 1.807) is 6.92 Å². The summed E-state index contributed by atoms with van der Waals surface area (Å²) in [6.07, 6.45) is -0.510. The zero-order valence-corrected chi connectivity index (χ0v) is 7.69. The van der Waals surface area contributed by atoms with E-state index in [4.69, 9.17) is 4.42 Å². The lowest BCUT2D eigenvalue weighted by atomic mass is 10.0. The molecule has 0 aromatic heterocycles. The van der Waals surface area contributed by atoms with Gasteiger partial charge in [-0.15, -0.1) is 0 Å². The van der Waals surface area contributed by atoms with Crippen LogP contribution in [0.4, 0.5) is 13.2 Å². The monoisotopic (exact) mass is 203 g/mol. The first-order valence-electron chi connectivity index (χ1n) is 4.23. The Kier molecular flexibility index (Phi) is 3.31. The number of rotatable bonds is 1. The molecule has 0 aromatic carbocycles. The molecule has 0 N–H and O–H groups in total. The van der Waals surface area contributed by atoms with Crippen LogP contribution in [0.2, 0.25) is 0 Å². The first-order valence-corrected chi connectivity index (χ1v) is 4.23.